The predicted octanol–water partition coefficient (Wildman–Crippen LogP) is 2.96. The molecule has 5 nitrogen and oxygen atoms in total. The van der Waals surface area contributed by atoms with Crippen LogP contribution in [0.5, 0.6) is 0 Å². The molecule has 27 heavy (non-hydrogen) atoms. The lowest BCUT2D eigenvalue weighted by atomic mass is 10.0. The van der Waals surface area contributed by atoms with E-state index in [0.717, 1.165) is 11.3 Å². The molecule has 0 fully saturated rings. The molecule has 0 aliphatic heterocycles. The van der Waals surface area contributed by atoms with Gasteiger partial charge in [-0.15, -0.1) is 0 Å². The molecule has 0 aliphatic carbocycles. The van der Waals surface area contributed by atoms with Crippen molar-refractivity contribution in [2.75, 3.05) is 19.0 Å². The molecule has 1 atom stereocenters. The summed E-state index contributed by atoms with van der Waals surface area (Å²) in [6, 6.07) is 12.4. The Bertz CT molecular complexity index is 771. The van der Waals surface area contributed by atoms with Crippen LogP contribution in [-0.4, -0.2) is 32.0 Å². The van der Waals surface area contributed by atoms with Crippen molar-refractivity contribution in [3.63, 3.8) is 0 Å². The van der Waals surface area contributed by atoms with E-state index in [1.807, 2.05) is 57.1 Å². The van der Waals surface area contributed by atoms with E-state index in [1.54, 1.807) is 0 Å². The van der Waals surface area contributed by atoms with Gasteiger partial charge in [0.05, 0.1) is 0 Å². The number of halogens is 1. The first-order chi connectivity index (χ1) is 12.8. The van der Waals surface area contributed by atoms with Crippen molar-refractivity contribution in [3.8, 4) is 0 Å². The zero-order chi connectivity index (χ0) is 20.0. The van der Waals surface area contributed by atoms with Gasteiger partial charge < -0.3 is 15.5 Å². The summed E-state index contributed by atoms with van der Waals surface area (Å²) in [6.45, 7) is 4.10. The molecule has 0 bridgehead atoms. The van der Waals surface area contributed by atoms with Gasteiger partial charge in [-0.1, -0.05) is 26.0 Å². The molecule has 0 saturated heterocycles. The number of rotatable bonds is 7. The van der Waals surface area contributed by atoms with Crippen LogP contribution in [0.4, 0.5) is 10.1 Å². The molecule has 0 heterocycles. The highest BCUT2D eigenvalue weighted by molar-refractivity contribution is 5.97. The first-order valence-corrected chi connectivity index (χ1v) is 8.88. The van der Waals surface area contributed by atoms with Crippen LogP contribution >= 0.6 is 0 Å². The monoisotopic (exact) mass is 371 g/mol. The van der Waals surface area contributed by atoms with Crippen molar-refractivity contribution >= 4 is 17.5 Å². The Labute approximate surface area is 159 Å². The van der Waals surface area contributed by atoms with E-state index >= 15 is 0 Å². The molecule has 0 aliphatic rings. The Morgan fingerprint density at radius 3 is 2.11 bits per heavy atom. The van der Waals surface area contributed by atoms with Gasteiger partial charge in [0.25, 0.3) is 5.91 Å². The minimum Gasteiger partial charge on any atom is -0.378 e. The van der Waals surface area contributed by atoms with Crippen LogP contribution in [0.3, 0.4) is 0 Å². The van der Waals surface area contributed by atoms with Crippen molar-refractivity contribution in [2.45, 2.75) is 26.4 Å². The van der Waals surface area contributed by atoms with E-state index in [9.17, 15) is 14.0 Å². The lowest BCUT2D eigenvalue weighted by molar-refractivity contribution is -0.124. The average molecular weight is 371 g/mol. The van der Waals surface area contributed by atoms with E-state index in [4.69, 9.17) is 0 Å². The van der Waals surface area contributed by atoms with Crippen LogP contribution in [0.15, 0.2) is 48.5 Å². The fraction of sp³-hybridized carbons (Fsp3) is 0.333. The Kier molecular flexibility index (Phi) is 6.93. The number of carbonyl (C=O) groups excluding carboxylic acids is 2. The molecule has 1 unspecified atom stereocenters. The van der Waals surface area contributed by atoms with Gasteiger partial charge in [-0.05, 0) is 47.9 Å². The molecule has 2 N–H and O–H groups in total. The number of anilines is 1. The predicted molar refractivity (Wildman–Crippen MR) is 105 cm³/mol. The van der Waals surface area contributed by atoms with Crippen LogP contribution in [-0.2, 0) is 11.3 Å². The van der Waals surface area contributed by atoms with Gasteiger partial charge in [-0.25, -0.2) is 4.39 Å². The van der Waals surface area contributed by atoms with Gasteiger partial charge in [0, 0.05) is 31.9 Å². The van der Waals surface area contributed by atoms with Gasteiger partial charge in [0.15, 0.2) is 0 Å². The van der Waals surface area contributed by atoms with Gasteiger partial charge in [-0.2, -0.15) is 0 Å². The number of nitrogens with one attached hydrogen (secondary N) is 2. The second-order valence-corrected chi connectivity index (χ2v) is 6.98. The molecule has 144 valence electrons. The Balaban J connectivity index is 1.97. The second-order valence-electron chi connectivity index (χ2n) is 6.98. The Morgan fingerprint density at radius 2 is 1.59 bits per heavy atom. The SMILES string of the molecule is CC(C)C(NC(=O)c1ccc(F)cc1)C(=O)NCc1ccc(N(C)C)cc1. The molecule has 0 saturated carbocycles. The van der Waals surface area contributed by atoms with Crippen molar-refractivity contribution in [3.05, 3.63) is 65.5 Å². The Morgan fingerprint density at radius 1 is 1.00 bits per heavy atom. The van der Waals surface area contributed by atoms with Crippen LogP contribution < -0.4 is 15.5 Å². The van der Waals surface area contributed by atoms with E-state index in [2.05, 4.69) is 10.6 Å². The highest BCUT2D eigenvalue weighted by Crippen LogP contribution is 2.12. The van der Waals surface area contributed by atoms with Crippen LogP contribution in [0, 0.1) is 11.7 Å². The Hall–Kier alpha value is -2.89. The summed E-state index contributed by atoms with van der Waals surface area (Å²) < 4.78 is 13.0. The average Bonchev–Trinajstić information content (AvgIpc) is 2.64. The summed E-state index contributed by atoms with van der Waals surface area (Å²) in [5.74, 6) is -1.16. The van der Waals surface area contributed by atoms with Gasteiger partial charge >= 0.3 is 0 Å². The summed E-state index contributed by atoms with van der Waals surface area (Å²) in [4.78, 5) is 26.9. The molecule has 2 rings (SSSR count). The van der Waals surface area contributed by atoms with Crippen LogP contribution in [0.1, 0.15) is 29.8 Å². The second kappa shape index (κ2) is 9.16. The van der Waals surface area contributed by atoms with E-state index in [1.165, 1.54) is 24.3 Å². The minimum atomic E-state index is -0.677. The van der Waals surface area contributed by atoms with Gasteiger partial charge in [0.2, 0.25) is 5.91 Å². The molecule has 6 heteroatoms. The molecule has 0 radical (unpaired) electrons. The largest absolute Gasteiger partial charge is 0.378 e. The third kappa shape index (κ3) is 5.81. The standard InChI is InChI=1S/C21H26FN3O2/c1-14(2)19(24-20(26)16-7-9-17(22)10-8-16)21(27)23-13-15-5-11-18(12-6-15)25(3)4/h5-12,14,19H,13H2,1-4H3,(H,23,27)(H,24,26). The van der Waals surface area contributed by atoms with E-state index in [0.29, 0.717) is 12.1 Å². The molecular formula is C21H26FN3O2. The fourth-order valence-corrected chi connectivity index (χ4v) is 2.57. The minimum absolute atomic E-state index is 0.0921. The maximum atomic E-state index is 13.0. The normalized spacial score (nSPS) is 11.8. The number of hydrogen-bond donors (Lipinski definition) is 2. The number of nitrogens with zero attached hydrogens (tertiary/aromatic N) is 1. The zero-order valence-corrected chi connectivity index (χ0v) is 16.1. The maximum Gasteiger partial charge on any atom is 0.251 e. The molecule has 2 aromatic rings. The highest BCUT2D eigenvalue weighted by Gasteiger charge is 2.24. The fourth-order valence-electron chi connectivity index (χ4n) is 2.57. The van der Waals surface area contributed by atoms with Crippen molar-refractivity contribution in [1.29, 1.82) is 0 Å². The lowest BCUT2D eigenvalue weighted by Gasteiger charge is -2.22. The van der Waals surface area contributed by atoms with E-state index < -0.39 is 17.8 Å². The van der Waals surface area contributed by atoms with Crippen LogP contribution in [0.25, 0.3) is 0 Å². The first kappa shape index (κ1) is 20.4. The summed E-state index contributed by atoms with van der Waals surface area (Å²) in [7, 11) is 3.93. The zero-order valence-electron chi connectivity index (χ0n) is 16.1. The van der Waals surface area contributed by atoms with Crippen molar-refractivity contribution < 1.29 is 14.0 Å². The van der Waals surface area contributed by atoms with Gasteiger partial charge in [0.1, 0.15) is 11.9 Å². The number of hydrogen-bond acceptors (Lipinski definition) is 3. The quantitative estimate of drug-likeness (QED) is 0.787. The lowest BCUT2D eigenvalue weighted by Crippen LogP contribution is -2.49. The van der Waals surface area contributed by atoms with Gasteiger partial charge in [-0.3, -0.25) is 9.59 Å². The maximum absolute atomic E-state index is 13.0. The topological polar surface area (TPSA) is 61.4 Å². The number of carbonyl (C=O) groups is 2. The molecular weight excluding hydrogens is 345 g/mol. The highest BCUT2D eigenvalue weighted by atomic mass is 19.1. The number of amides is 2. The summed E-state index contributed by atoms with van der Waals surface area (Å²) >= 11 is 0. The third-order valence-electron chi connectivity index (χ3n) is 4.26. The number of benzene rings is 2. The summed E-state index contributed by atoms with van der Waals surface area (Å²) in [6.07, 6.45) is 0. The molecule has 2 amide bonds. The third-order valence-corrected chi connectivity index (χ3v) is 4.26. The summed E-state index contributed by atoms with van der Waals surface area (Å²) in [5, 5.41) is 5.60. The first-order valence-electron chi connectivity index (χ1n) is 8.88. The summed E-state index contributed by atoms with van der Waals surface area (Å²) in [5.41, 5.74) is 2.37. The molecule has 2 aromatic carbocycles. The molecule has 0 spiro atoms. The molecule has 0 aromatic heterocycles. The van der Waals surface area contributed by atoms with Crippen LogP contribution in [0.2, 0.25) is 0 Å². The van der Waals surface area contributed by atoms with E-state index in [-0.39, 0.29) is 11.8 Å². The smallest absolute Gasteiger partial charge is 0.251 e. The van der Waals surface area contributed by atoms with Crippen molar-refractivity contribution in [1.82, 2.24) is 10.6 Å². The van der Waals surface area contributed by atoms with Crippen molar-refractivity contribution in [2.24, 2.45) is 5.92 Å².